The van der Waals surface area contributed by atoms with Crippen LogP contribution >= 0.6 is 8.25 Å². The van der Waals surface area contributed by atoms with Gasteiger partial charge in [-0.15, -0.1) is 0 Å². The molecule has 0 aliphatic rings. The lowest BCUT2D eigenvalue weighted by Crippen LogP contribution is -2.34. The molecule has 0 aliphatic carbocycles. The van der Waals surface area contributed by atoms with Crippen molar-refractivity contribution in [2.24, 2.45) is 0 Å². The molecule has 0 radical (unpaired) electrons. The fourth-order valence-electron chi connectivity index (χ4n) is 0.737. The molecule has 0 heterocycles. The summed E-state index contributed by atoms with van der Waals surface area (Å²) in [5, 5.41) is 0. The van der Waals surface area contributed by atoms with Crippen LogP contribution in [0.1, 0.15) is 41.0 Å². The summed E-state index contributed by atoms with van der Waals surface area (Å²) in [5.41, 5.74) is -0.927. The predicted molar refractivity (Wildman–Crippen MR) is 56.7 cm³/mol. The maximum absolute atomic E-state index is 10.5. The maximum Gasteiger partial charge on any atom is 0.317 e. The van der Waals surface area contributed by atoms with Gasteiger partial charge in [0, 0.05) is 0 Å². The van der Waals surface area contributed by atoms with Gasteiger partial charge in [0.1, 0.15) is 0 Å². The molecule has 4 nitrogen and oxygen atoms in total. The molecule has 1 unspecified atom stereocenters. The zero-order valence-electron chi connectivity index (χ0n) is 9.59. The van der Waals surface area contributed by atoms with Crippen LogP contribution in [0.3, 0.4) is 0 Å². The molecule has 0 amide bonds. The Labute approximate surface area is 86.6 Å². The molecule has 14 heavy (non-hydrogen) atoms. The van der Waals surface area contributed by atoms with Gasteiger partial charge in [-0.3, -0.25) is 4.57 Å². The molecule has 0 aromatic carbocycles. The van der Waals surface area contributed by atoms with Crippen molar-refractivity contribution in [3.8, 4) is 0 Å². The molecule has 86 valence electrons. The van der Waals surface area contributed by atoms with E-state index in [-0.39, 0.29) is 5.60 Å². The van der Waals surface area contributed by atoms with Crippen molar-refractivity contribution in [2.75, 3.05) is 6.61 Å². The minimum absolute atomic E-state index is 0.216. The minimum Gasteiger partial charge on any atom is -0.373 e. The first-order chi connectivity index (χ1) is 6.18. The van der Waals surface area contributed by atoms with Crippen molar-refractivity contribution >= 4 is 8.25 Å². The number of ether oxygens (including phenoxy) is 1. The number of rotatable bonds is 6. The molecule has 0 bridgehead atoms. The Kier molecular flexibility index (Phi) is 5.31. The van der Waals surface area contributed by atoms with Crippen LogP contribution in [0.2, 0.25) is 0 Å². The van der Waals surface area contributed by atoms with E-state index in [2.05, 4.69) is 0 Å². The van der Waals surface area contributed by atoms with Crippen molar-refractivity contribution in [3.63, 3.8) is 0 Å². The van der Waals surface area contributed by atoms with Crippen molar-refractivity contribution in [2.45, 2.75) is 52.2 Å². The third-order valence-electron chi connectivity index (χ3n) is 2.03. The van der Waals surface area contributed by atoms with Crippen LogP contribution in [0, 0.1) is 0 Å². The van der Waals surface area contributed by atoms with E-state index in [1.54, 1.807) is 13.8 Å². The second-order valence-corrected chi connectivity index (χ2v) is 5.27. The number of hydrogen-bond acceptors (Lipinski definition) is 3. The van der Waals surface area contributed by atoms with Crippen LogP contribution in [0.5, 0.6) is 0 Å². The van der Waals surface area contributed by atoms with Gasteiger partial charge in [0.15, 0.2) is 0 Å². The zero-order valence-corrected chi connectivity index (χ0v) is 10.6. The van der Waals surface area contributed by atoms with Crippen LogP contribution in [0.15, 0.2) is 0 Å². The van der Waals surface area contributed by atoms with Gasteiger partial charge in [0.2, 0.25) is 0 Å². The second kappa shape index (κ2) is 5.26. The van der Waals surface area contributed by atoms with Crippen LogP contribution in [0.4, 0.5) is 0 Å². The first kappa shape index (κ1) is 14.1. The molecule has 0 spiro atoms. The van der Waals surface area contributed by atoms with E-state index in [1.807, 2.05) is 20.8 Å². The van der Waals surface area contributed by atoms with E-state index in [9.17, 15) is 4.57 Å². The lowest BCUT2D eigenvalue weighted by molar-refractivity contribution is -0.0828. The van der Waals surface area contributed by atoms with Gasteiger partial charge in [0.25, 0.3) is 0 Å². The van der Waals surface area contributed by atoms with Crippen molar-refractivity contribution in [3.05, 3.63) is 0 Å². The van der Waals surface area contributed by atoms with Crippen molar-refractivity contribution < 1.29 is 18.7 Å². The molecule has 0 saturated carbocycles. The average Bonchev–Trinajstić information content (AvgIpc) is 1.99. The molecular weight excluding hydrogens is 203 g/mol. The van der Waals surface area contributed by atoms with E-state index < -0.39 is 13.9 Å². The van der Waals surface area contributed by atoms with Gasteiger partial charge in [0.05, 0.1) is 17.8 Å². The first-order valence-electron chi connectivity index (χ1n) is 4.74. The Morgan fingerprint density at radius 1 is 1.21 bits per heavy atom. The van der Waals surface area contributed by atoms with Crippen LogP contribution in [-0.2, 0) is 13.8 Å². The molecule has 0 fully saturated rings. The maximum atomic E-state index is 10.5. The molecule has 0 aliphatic heterocycles. The Morgan fingerprint density at radius 3 is 2.07 bits per heavy atom. The molecule has 0 rings (SSSR count). The summed E-state index contributed by atoms with van der Waals surface area (Å²) in [4.78, 5) is 8.64. The van der Waals surface area contributed by atoms with Crippen LogP contribution in [-0.4, -0.2) is 22.7 Å². The highest BCUT2D eigenvalue weighted by Crippen LogP contribution is 2.27. The summed E-state index contributed by atoms with van der Waals surface area (Å²) >= 11 is 0. The third kappa shape index (κ3) is 6.55. The van der Waals surface area contributed by atoms with Gasteiger partial charge in [-0.25, -0.2) is 0 Å². The second-order valence-electron chi connectivity index (χ2n) is 4.53. The molecule has 5 heteroatoms. The summed E-state index contributed by atoms with van der Waals surface area (Å²) in [6.07, 6.45) is 0.886. The summed E-state index contributed by atoms with van der Waals surface area (Å²) < 4.78 is 21.0. The Balaban J connectivity index is 4.04. The molecule has 1 N–H and O–H groups in total. The predicted octanol–water partition coefficient (Wildman–Crippen LogP) is 2.37. The molecular formula is C9H21O4P. The topological polar surface area (TPSA) is 55.8 Å². The highest BCUT2D eigenvalue weighted by molar-refractivity contribution is 7.32. The van der Waals surface area contributed by atoms with E-state index >= 15 is 0 Å². The van der Waals surface area contributed by atoms with E-state index in [0.29, 0.717) is 6.61 Å². The lowest BCUT2D eigenvalue weighted by Gasteiger charge is -2.30. The van der Waals surface area contributed by atoms with Crippen LogP contribution in [0.25, 0.3) is 0 Å². The summed E-state index contributed by atoms with van der Waals surface area (Å²) in [7, 11) is -2.90. The summed E-state index contributed by atoms with van der Waals surface area (Å²) in [6.45, 7) is 9.76. The third-order valence-corrected chi connectivity index (χ3v) is 2.75. The average molecular weight is 224 g/mol. The minimum atomic E-state index is -2.90. The van der Waals surface area contributed by atoms with Gasteiger partial charge >= 0.3 is 8.25 Å². The van der Waals surface area contributed by atoms with Gasteiger partial charge in [-0.1, -0.05) is 6.92 Å². The Bertz CT molecular complexity index is 201. The highest BCUT2D eigenvalue weighted by Gasteiger charge is 2.25. The summed E-state index contributed by atoms with van der Waals surface area (Å²) in [5.74, 6) is 0. The summed E-state index contributed by atoms with van der Waals surface area (Å²) in [6, 6.07) is 0. The van der Waals surface area contributed by atoms with E-state index in [4.69, 9.17) is 14.2 Å². The van der Waals surface area contributed by atoms with Crippen molar-refractivity contribution in [1.82, 2.24) is 0 Å². The zero-order chi connectivity index (χ0) is 11.4. The molecule has 0 aromatic heterocycles. The van der Waals surface area contributed by atoms with Crippen LogP contribution < -0.4 is 0 Å². The van der Waals surface area contributed by atoms with Gasteiger partial charge < -0.3 is 14.2 Å². The SMILES string of the molecule is CCC(C)(C)OCC(C)(C)O[PH](=O)O. The standard InChI is InChI=1S/C9H21O4P/c1-6-8(2,3)12-7-9(4,5)13-14(10)11/h14H,6-7H2,1-5H3,(H,10,11). The van der Waals surface area contributed by atoms with Crippen molar-refractivity contribution in [1.29, 1.82) is 0 Å². The molecule has 0 aromatic rings. The lowest BCUT2D eigenvalue weighted by atomic mass is 10.1. The number of hydrogen-bond donors (Lipinski definition) is 1. The van der Waals surface area contributed by atoms with E-state index in [0.717, 1.165) is 6.42 Å². The van der Waals surface area contributed by atoms with Gasteiger partial charge in [-0.05, 0) is 34.1 Å². The largest absolute Gasteiger partial charge is 0.373 e. The Hall–Kier alpha value is 0.110. The fourth-order valence-corrected chi connectivity index (χ4v) is 1.27. The smallest absolute Gasteiger partial charge is 0.317 e. The first-order valence-corrected chi connectivity index (χ1v) is 6.01. The normalized spacial score (nSPS) is 15.6. The molecule has 1 atom stereocenters. The Morgan fingerprint density at radius 2 is 1.71 bits per heavy atom. The monoisotopic (exact) mass is 224 g/mol. The van der Waals surface area contributed by atoms with E-state index in [1.165, 1.54) is 0 Å². The fraction of sp³-hybridized carbons (Fsp3) is 1.00. The molecule has 0 saturated heterocycles. The quantitative estimate of drug-likeness (QED) is 0.704. The van der Waals surface area contributed by atoms with Gasteiger partial charge in [-0.2, -0.15) is 0 Å². The highest BCUT2D eigenvalue weighted by atomic mass is 31.1.